The van der Waals surface area contributed by atoms with Crippen molar-refractivity contribution in [3.8, 4) is 0 Å². The molecule has 0 spiro atoms. The van der Waals surface area contributed by atoms with Gasteiger partial charge in [0.05, 0.1) is 11.7 Å². The number of benzene rings is 1. The Kier molecular flexibility index (Phi) is 4.92. The zero-order valence-corrected chi connectivity index (χ0v) is 15.2. The molecule has 0 heterocycles. The molecule has 0 aliphatic heterocycles. The van der Waals surface area contributed by atoms with Crippen LogP contribution in [0.2, 0.25) is 0 Å². The number of nitrogens with one attached hydrogen (secondary N) is 1. The Morgan fingerprint density at radius 3 is 2.53 bits per heavy atom. The van der Waals surface area contributed by atoms with Crippen molar-refractivity contribution in [2.75, 3.05) is 0 Å². The van der Waals surface area contributed by atoms with Crippen molar-refractivity contribution in [3.05, 3.63) is 28.4 Å². The largest absolute Gasteiger partial charge is 0.393 e. The monoisotopic (exact) mass is 569 g/mol. The molecule has 1 aliphatic carbocycles. The molecule has 2 rings (SSSR count). The Morgan fingerprint density at radius 2 is 1.94 bits per heavy atom. The summed E-state index contributed by atoms with van der Waals surface area (Å²) in [4.78, 5) is 12.1. The van der Waals surface area contributed by atoms with E-state index in [2.05, 4.69) is 73.1 Å². The molecule has 0 unspecified atom stereocenters. The molecule has 0 saturated heterocycles. The minimum atomic E-state index is -0.240. The first-order chi connectivity index (χ1) is 7.97. The fraction of sp³-hybridized carbons (Fsp3) is 0.364. The molecular weight excluding hydrogens is 559 g/mol. The van der Waals surface area contributed by atoms with Gasteiger partial charge in [0.2, 0.25) is 0 Å². The van der Waals surface area contributed by atoms with Gasteiger partial charge < -0.3 is 10.4 Å². The van der Waals surface area contributed by atoms with E-state index in [9.17, 15) is 9.90 Å². The number of hydrogen-bond acceptors (Lipinski definition) is 2. The smallest absolute Gasteiger partial charge is 0.252 e. The highest BCUT2D eigenvalue weighted by molar-refractivity contribution is 14.1. The fourth-order valence-electron chi connectivity index (χ4n) is 1.69. The third-order valence-electron chi connectivity index (χ3n) is 2.69. The van der Waals surface area contributed by atoms with Crippen LogP contribution in [-0.2, 0) is 0 Å². The summed E-state index contributed by atoms with van der Waals surface area (Å²) in [5, 5.41) is 12.1. The molecule has 2 N–H and O–H groups in total. The van der Waals surface area contributed by atoms with Crippen LogP contribution < -0.4 is 5.32 Å². The van der Waals surface area contributed by atoms with Crippen LogP contribution in [0, 0.1) is 10.7 Å². The van der Waals surface area contributed by atoms with Gasteiger partial charge in [0.1, 0.15) is 0 Å². The van der Waals surface area contributed by atoms with Gasteiger partial charge in [-0.3, -0.25) is 4.79 Å². The van der Waals surface area contributed by atoms with Crippen LogP contribution in [0.25, 0.3) is 0 Å². The number of aliphatic hydroxyl groups excluding tert-OH is 1. The summed E-state index contributed by atoms with van der Waals surface area (Å²) in [5.74, 6) is -0.0391. The van der Waals surface area contributed by atoms with Crippen molar-refractivity contribution in [2.45, 2.75) is 25.0 Å². The lowest BCUT2D eigenvalue weighted by Crippen LogP contribution is -2.46. The standard InChI is InChI=1S/C11H10I3NO2/c12-5-1-8(10(14)9(13)2-5)11(17)15-6-3-7(16)4-6/h1-2,6-7,16H,3-4H2,(H,15,17). The highest BCUT2D eigenvalue weighted by Gasteiger charge is 2.29. The number of aliphatic hydroxyl groups is 1. The highest BCUT2D eigenvalue weighted by atomic mass is 127. The molecule has 1 saturated carbocycles. The van der Waals surface area contributed by atoms with Gasteiger partial charge in [0.15, 0.2) is 0 Å². The molecule has 1 fully saturated rings. The van der Waals surface area contributed by atoms with Crippen LogP contribution in [0.3, 0.4) is 0 Å². The maximum atomic E-state index is 12.1. The van der Waals surface area contributed by atoms with E-state index in [1.807, 2.05) is 12.1 Å². The molecular formula is C11H10I3NO2. The average molecular weight is 569 g/mol. The predicted octanol–water partition coefficient (Wildman–Crippen LogP) is 2.75. The summed E-state index contributed by atoms with van der Waals surface area (Å²) in [6, 6.07) is 4.07. The number of carbonyl (C=O) groups excluding carboxylic acids is 1. The van der Waals surface area contributed by atoms with Gasteiger partial charge in [-0.05, 0) is 92.7 Å². The molecule has 1 aliphatic rings. The van der Waals surface area contributed by atoms with E-state index in [1.165, 1.54) is 0 Å². The van der Waals surface area contributed by atoms with Crippen molar-refractivity contribution >= 4 is 73.7 Å². The Bertz CT molecular complexity index is 458. The Hall–Kier alpha value is 0.840. The third-order valence-corrected chi connectivity index (χ3v) is 6.35. The Morgan fingerprint density at radius 1 is 1.29 bits per heavy atom. The Labute approximate surface area is 141 Å². The van der Waals surface area contributed by atoms with Gasteiger partial charge in [-0.25, -0.2) is 0 Å². The van der Waals surface area contributed by atoms with Gasteiger partial charge in [-0.15, -0.1) is 0 Å². The predicted molar refractivity (Wildman–Crippen MR) is 91.1 cm³/mol. The second kappa shape index (κ2) is 5.87. The van der Waals surface area contributed by atoms with E-state index >= 15 is 0 Å². The normalized spacial score (nSPS) is 23.1. The second-order valence-electron chi connectivity index (χ2n) is 4.04. The van der Waals surface area contributed by atoms with Gasteiger partial charge in [-0.2, -0.15) is 0 Å². The van der Waals surface area contributed by atoms with Crippen molar-refractivity contribution in [1.29, 1.82) is 0 Å². The summed E-state index contributed by atoms with van der Waals surface area (Å²) < 4.78 is 3.14. The number of amides is 1. The van der Waals surface area contributed by atoms with Crippen LogP contribution in [0.1, 0.15) is 23.2 Å². The molecule has 17 heavy (non-hydrogen) atoms. The van der Waals surface area contributed by atoms with E-state index in [4.69, 9.17) is 0 Å². The van der Waals surface area contributed by atoms with E-state index in [0.717, 1.165) is 16.3 Å². The van der Waals surface area contributed by atoms with Crippen LogP contribution in [0.5, 0.6) is 0 Å². The molecule has 3 nitrogen and oxygen atoms in total. The maximum absolute atomic E-state index is 12.1. The quantitative estimate of drug-likeness (QED) is 0.426. The number of halogens is 3. The van der Waals surface area contributed by atoms with E-state index in [1.54, 1.807) is 0 Å². The minimum Gasteiger partial charge on any atom is -0.393 e. The van der Waals surface area contributed by atoms with Crippen LogP contribution in [-0.4, -0.2) is 23.2 Å². The van der Waals surface area contributed by atoms with Crippen LogP contribution >= 0.6 is 67.8 Å². The molecule has 0 aromatic heterocycles. The van der Waals surface area contributed by atoms with Crippen molar-refractivity contribution < 1.29 is 9.90 Å². The minimum absolute atomic E-state index is 0.0391. The van der Waals surface area contributed by atoms with Gasteiger partial charge in [-0.1, -0.05) is 0 Å². The van der Waals surface area contributed by atoms with E-state index < -0.39 is 0 Å². The third kappa shape index (κ3) is 3.44. The molecule has 6 heteroatoms. The number of carbonyl (C=O) groups is 1. The summed E-state index contributed by atoms with van der Waals surface area (Å²) in [6.45, 7) is 0. The summed E-state index contributed by atoms with van der Waals surface area (Å²) >= 11 is 6.65. The van der Waals surface area contributed by atoms with Crippen molar-refractivity contribution in [2.24, 2.45) is 0 Å². The van der Waals surface area contributed by atoms with Crippen molar-refractivity contribution in [3.63, 3.8) is 0 Å². The lowest BCUT2D eigenvalue weighted by atomic mass is 9.89. The first-order valence-electron chi connectivity index (χ1n) is 5.11. The molecule has 92 valence electrons. The first-order valence-corrected chi connectivity index (χ1v) is 8.34. The van der Waals surface area contributed by atoms with Gasteiger partial charge in [0.25, 0.3) is 5.91 Å². The molecule has 0 atom stereocenters. The lowest BCUT2D eigenvalue weighted by molar-refractivity contribution is 0.0562. The van der Waals surface area contributed by atoms with Crippen LogP contribution in [0.4, 0.5) is 0 Å². The molecule has 1 amide bonds. The molecule has 1 aromatic rings. The van der Waals surface area contributed by atoms with Crippen LogP contribution in [0.15, 0.2) is 12.1 Å². The van der Waals surface area contributed by atoms with E-state index in [0.29, 0.717) is 12.8 Å². The highest BCUT2D eigenvalue weighted by Crippen LogP contribution is 2.24. The van der Waals surface area contributed by atoms with Gasteiger partial charge >= 0.3 is 0 Å². The Balaban J connectivity index is 2.13. The SMILES string of the molecule is O=C(NC1CC(O)C1)c1cc(I)cc(I)c1I. The summed E-state index contributed by atoms with van der Waals surface area (Å²) in [7, 11) is 0. The molecule has 0 radical (unpaired) electrons. The van der Waals surface area contributed by atoms with Crippen molar-refractivity contribution in [1.82, 2.24) is 5.32 Å². The number of rotatable bonds is 2. The topological polar surface area (TPSA) is 49.3 Å². The zero-order valence-electron chi connectivity index (χ0n) is 8.71. The maximum Gasteiger partial charge on any atom is 0.252 e. The lowest BCUT2D eigenvalue weighted by Gasteiger charge is -2.32. The fourth-order valence-corrected chi connectivity index (χ4v) is 4.09. The number of hydrogen-bond donors (Lipinski definition) is 2. The summed E-state index contributed by atoms with van der Waals surface area (Å²) in [6.07, 6.45) is 1.10. The summed E-state index contributed by atoms with van der Waals surface area (Å²) in [5.41, 5.74) is 0.725. The molecule has 1 aromatic carbocycles. The first kappa shape index (κ1) is 14.3. The van der Waals surface area contributed by atoms with Gasteiger partial charge in [0, 0.05) is 16.8 Å². The second-order valence-corrected chi connectivity index (χ2v) is 7.53. The van der Waals surface area contributed by atoms with E-state index in [-0.39, 0.29) is 18.1 Å². The zero-order chi connectivity index (χ0) is 12.6. The average Bonchev–Trinajstić information content (AvgIpc) is 2.21. The molecule has 0 bridgehead atoms.